The van der Waals surface area contributed by atoms with Gasteiger partial charge in [-0.1, -0.05) is 41.9 Å². The van der Waals surface area contributed by atoms with Gasteiger partial charge in [0.2, 0.25) is 5.91 Å². The van der Waals surface area contributed by atoms with Crippen molar-refractivity contribution in [1.29, 1.82) is 0 Å². The summed E-state index contributed by atoms with van der Waals surface area (Å²) in [6.45, 7) is 2.25. The van der Waals surface area contributed by atoms with Gasteiger partial charge in [0.25, 0.3) is 0 Å². The Hall–Kier alpha value is -2.58. The number of nitrogens with two attached hydrogens (primary N) is 1. The van der Waals surface area contributed by atoms with E-state index < -0.39 is 9.84 Å². The third kappa shape index (κ3) is 4.41. The average Bonchev–Trinajstić information content (AvgIpc) is 3.17. The third-order valence-electron chi connectivity index (χ3n) is 6.08. The van der Waals surface area contributed by atoms with Crippen LogP contribution in [0.25, 0.3) is 11.1 Å². The number of halogens is 1. The Morgan fingerprint density at radius 2 is 1.71 bits per heavy atom. The maximum absolute atomic E-state index is 12.6. The van der Waals surface area contributed by atoms with E-state index in [0.29, 0.717) is 37.6 Å². The van der Waals surface area contributed by atoms with Gasteiger partial charge in [-0.05, 0) is 29.7 Å². The van der Waals surface area contributed by atoms with Crippen molar-refractivity contribution in [2.45, 2.75) is 17.2 Å². The number of sulfone groups is 1. The summed E-state index contributed by atoms with van der Waals surface area (Å²) in [5.74, 6) is -0.328. The predicted molar refractivity (Wildman–Crippen MR) is 119 cm³/mol. The van der Waals surface area contributed by atoms with Crippen LogP contribution in [0.15, 0.2) is 47.4 Å². The zero-order valence-electron chi connectivity index (χ0n) is 17.1. The minimum absolute atomic E-state index is 0.0330. The lowest BCUT2D eigenvalue weighted by Gasteiger charge is -2.41. The second-order valence-electron chi connectivity index (χ2n) is 8.25. The van der Waals surface area contributed by atoms with Crippen molar-refractivity contribution in [3.8, 4) is 11.1 Å². The molecule has 2 aliphatic rings. The molecule has 1 atom stereocenters. The van der Waals surface area contributed by atoms with Gasteiger partial charge in [-0.2, -0.15) is 0 Å². The zero-order chi connectivity index (χ0) is 22.3. The molecule has 2 saturated heterocycles. The molecule has 164 valence electrons. The van der Waals surface area contributed by atoms with Gasteiger partial charge in [-0.3, -0.25) is 4.79 Å². The number of primary amides is 1. The summed E-state index contributed by atoms with van der Waals surface area (Å²) in [6.07, 6.45) is 1.78. The second kappa shape index (κ2) is 8.16. The number of amides is 3. The molecule has 0 bridgehead atoms. The predicted octanol–water partition coefficient (Wildman–Crippen LogP) is 2.74. The molecular formula is C22H24ClN3O4S. The Bertz CT molecular complexity index is 1130. The fraction of sp³-hybridized carbons (Fsp3) is 0.364. The van der Waals surface area contributed by atoms with E-state index in [1.165, 1.54) is 6.07 Å². The van der Waals surface area contributed by atoms with Crippen LogP contribution < -0.4 is 5.73 Å². The van der Waals surface area contributed by atoms with Crippen LogP contribution >= 0.6 is 11.6 Å². The maximum Gasteiger partial charge on any atom is 0.320 e. The molecule has 2 heterocycles. The molecule has 2 aromatic rings. The van der Waals surface area contributed by atoms with Crippen LogP contribution in [0.2, 0.25) is 5.02 Å². The molecule has 2 aromatic carbocycles. The van der Waals surface area contributed by atoms with E-state index in [1.54, 1.807) is 21.9 Å². The summed E-state index contributed by atoms with van der Waals surface area (Å²) >= 11 is 6.31. The summed E-state index contributed by atoms with van der Waals surface area (Å²) < 4.78 is 23.4. The van der Waals surface area contributed by atoms with Crippen LogP contribution in [-0.4, -0.2) is 62.6 Å². The van der Waals surface area contributed by atoms with Crippen molar-refractivity contribution in [1.82, 2.24) is 9.80 Å². The Morgan fingerprint density at radius 1 is 1.03 bits per heavy atom. The monoisotopic (exact) mass is 461 g/mol. The first-order chi connectivity index (χ1) is 14.6. The molecular weight excluding hydrogens is 438 g/mol. The molecule has 31 heavy (non-hydrogen) atoms. The lowest BCUT2D eigenvalue weighted by molar-refractivity contribution is -0.121. The average molecular weight is 462 g/mol. The largest absolute Gasteiger partial charge is 0.369 e. The number of hydrogen-bond acceptors (Lipinski definition) is 4. The van der Waals surface area contributed by atoms with Crippen molar-refractivity contribution in [2.75, 3.05) is 32.4 Å². The highest BCUT2D eigenvalue weighted by molar-refractivity contribution is 7.90. The first kappa shape index (κ1) is 21.6. The van der Waals surface area contributed by atoms with Crippen molar-refractivity contribution < 1.29 is 18.0 Å². The van der Waals surface area contributed by atoms with Gasteiger partial charge in [0, 0.05) is 48.9 Å². The van der Waals surface area contributed by atoms with E-state index in [4.69, 9.17) is 17.3 Å². The quantitative estimate of drug-likeness (QED) is 0.756. The van der Waals surface area contributed by atoms with Gasteiger partial charge in [0.05, 0.1) is 10.8 Å². The van der Waals surface area contributed by atoms with E-state index in [9.17, 15) is 18.0 Å². The lowest BCUT2D eigenvalue weighted by atomic mass is 9.90. The van der Waals surface area contributed by atoms with Gasteiger partial charge in [-0.25, -0.2) is 13.2 Å². The maximum atomic E-state index is 12.6. The highest BCUT2D eigenvalue weighted by Gasteiger charge is 2.37. The fourth-order valence-electron chi connectivity index (χ4n) is 4.11. The number of likely N-dealkylation sites (tertiary alicyclic amines) is 2. The third-order valence-corrected chi connectivity index (χ3v) is 7.50. The first-order valence-electron chi connectivity index (χ1n) is 10.1. The topological polar surface area (TPSA) is 101 Å². The van der Waals surface area contributed by atoms with Gasteiger partial charge in [0.15, 0.2) is 9.84 Å². The van der Waals surface area contributed by atoms with Crippen molar-refractivity contribution in [2.24, 2.45) is 11.7 Å². The van der Waals surface area contributed by atoms with Crippen LogP contribution in [0.1, 0.15) is 17.9 Å². The van der Waals surface area contributed by atoms with Crippen LogP contribution in [0, 0.1) is 5.92 Å². The van der Waals surface area contributed by atoms with Gasteiger partial charge >= 0.3 is 6.03 Å². The number of rotatable bonds is 4. The van der Waals surface area contributed by atoms with E-state index in [0.717, 1.165) is 22.9 Å². The van der Waals surface area contributed by atoms with Crippen LogP contribution in [0.4, 0.5) is 4.79 Å². The number of nitrogens with zero attached hydrogens (tertiary/aromatic N) is 2. The van der Waals surface area contributed by atoms with Gasteiger partial charge in [-0.15, -0.1) is 0 Å². The highest BCUT2D eigenvalue weighted by atomic mass is 35.5. The highest BCUT2D eigenvalue weighted by Crippen LogP contribution is 2.33. The minimum Gasteiger partial charge on any atom is -0.369 e. The molecule has 0 spiro atoms. The molecule has 9 heteroatoms. The number of carbonyl (C=O) groups excluding carboxylic acids is 2. The minimum atomic E-state index is -3.31. The Morgan fingerprint density at radius 3 is 2.26 bits per heavy atom. The molecule has 3 amide bonds. The lowest BCUT2D eigenvalue weighted by Crippen LogP contribution is -2.53. The van der Waals surface area contributed by atoms with Crippen molar-refractivity contribution in [3.05, 3.63) is 53.1 Å². The standard InChI is InChI=1S/C22H24ClN3O4S/c1-31(29,30)18-6-7-19(20(23)10-18)15-4-2-14(3-5-15)17-12-26(13-17)22(28)25-9-8-16(11-25)21(24)27/h2-7,10,16-17H,8-9,11-13H2,1H3,(H2,24,27)/t16-/m0/s1. The molecule has 2 aliphatic heterocycles. The summed E-state index contributed by atoms with van der Waals surface area (Å²) in [5, 5.41) is 0.385. The summed E-state index contributed by atoms with van der Waals surface area (Å²) in [7, 11) is -3.31. The molecule has 7 nitrogen and oxygen atoms in total. The molecule has 0 saturated carbocycles. The van der Waals surface area contributed by atoms with E-state index >= 15 is 0 Å². The number of hydrogen-bond donors (Lipinski definition) is 1. The number of carbonyl (C=O) groups is 2. The fourth-order valence-corrected chi connectivity index (χ4v) is 5.11. The van der Waals surface area contributed by atoms with Gasteiger partial charge in [0.1, 0.15) is 0 Å². The number of urea groups is 1. The zero-order valence-corrected chi connectivity index (χ0v) is 18.7. The Balaban J connectivity index is 1.38. The van der Waals surface area contributed by atoms with E-state index in [1.807, 2.05) is 24.3 Å². The van der Waals surface area contributed by atoms with E-state index in [-0.39, 0.29) is 28.7 Å². The van der Waals surface area contributed by atoms with Crippen molar-refractivity contribution >= 4 is 33.4 Å². The number of benzene rings is 2. The van der Waals surface area contributed by atoms with E-state index in [2.05, 4.69) is 0 Å². The van der Waals surface area contributed by atoms with Crippen molar-refractivity contribution in [3.63, 3.8) is 0 Å². The normalized spacial score (nSPS) is 19.4. The smallest absolute Gasteiger partial charge is 0.320 e. The Labute approximate surface area is 186 Å². The summed E-state index contributed by atoms with van der Waals surface area (Å²) in [4.78, 5) is 27.6. The second-order valence-corrected chi connectivity index (χ2v) is 10.7. The molecule has 2 fully saturated rings. The summed E-state index contributed by atoms with van der Waals surface area (Å²) in [5.41, 5.74) is 8.14. The molecule has 0 aliphatic carbocycles. The van der Waals surface area contributed by atoms with Crippen LogP contribution in [0.5, 0.6) is 0 Å². The van der Waals surface area contributed by atoms with Gasteiger partial charge < -0.3 is 15.5 Å². The Kier molecular flexibility index (Phi) is 5.70. The molecule has 0 aromatic heterocycles. The molecule has 4 rings (SSSR count). The molecule has 0 unspecified atom stereocenters. The molecule has 0 radical (unpaired) electrons. The van der Waals surface area contributed by atoms with Crippen LogP contribution in [-0.2, 0) is 14.6 Å². The SMILES string of the molecule is CS(=O)(=O)c1ccc(-c2ccc(C3CN(C(=O)N4CC[C@H](C(N)=O)C4)C3)cc2)c(Cl)c1. The summed E-state index contributed by atoms with van der Waals surface area (Å²) in [6, 6.07) is 12.7. The van der Waals surface area contributed by atoms with Crippen LogP contribution in [0.3, 0.4) is 0 Å². The first-order valence-corrected chi connectivity index (χ1v) is 12.3. The molecule has 2 N–H and O–H groups in total.